The summed E-state index contributed by atoms with van der Waals surface area (Å²) in [5.74, 6) is 2.27. The summed E-state index contributed by atoms with van der Waals surface area (Å²) in [6, 6.07) is 13.0. The maximum absolute atomic E-state index is 12.8. The summed E-state index contributed by atoms with van der Waals surface area (Å²) in [4.78, 5) is 12.6. The molecule has 4 rings (SSSR count). The van der Waals surface area contributed by atoms with E-state index in [9.17, 15) is 13.2 Å². The van der Waals surface area contributed by atoms with Crippen LogP contribution in [0.5, 0.6) is 5.75 Å². The molecule has 2 fully saturated rings. The molecule has 4 atom stereocenters. The van der Waals surface area contributed by atoms with Crippen LogP contribution in [-0.2, 0) is 10.0 Å². The second-order valence-corrected chi connectivity index (χ2v) is 10.2. The van der Waals surface area contributed by atoms with Gasteiger partial charge in [0.05, 0.1) is 12.0 Å². The Labute approximate surface area is 178 Å². The van der Waals surface area contributed by atoms with Gasteiger partial charge in [0.15, 0.2) is 0 Å². The van der Waals surface area contributed by atoms with Gasteiger partial charge in [-0.05, 0) is 92.5 Å². The van der Waals surface area contributed by atoms with Gasteiger partial charge in [0.25, 0.3) is 5.91 Å². The van der Waals surface area contributed by atoms with Gasteiger partial charge in [-0.2, -0.15) is 0 Å². The second-order valence-electron chi connectivity index (χ2n) is 8.46. The fourth-order valence-corrected chi connectivity index (χ4v) is 6.26. The fourth-order valence-electron chi connectivity index (χ4n) is 4.97. The van der Waals surface area contributed by atoms with Gasteiger partial charge >= 0.3 is 0 Å². The van der Waals surface area contributed by atoms with Crippen LogP contribution in [0, 0.1) is 17.8 Å². The minimum Gasteiger partial charge on any atom is -0.497 e. The van der Waals surface area contributed by atoms with Gasteiger partial charge in [-0.15, -0.1) is 0 Å². The highest BCUT2D eigenvalue weighted by molar-refractivity contribution is 7.89. The number of ether oxygens (including phenoxy) is 1. The number of carbonyl (C=O) groups excluding carboxylic acids is 1. The highest BCUT2D eigenvalue weighted by Gasteiger charge is 2.42. The first-order valence-electron chi connectivity index (χ1n) is 10.4. The van der Waals surface area contributed by atoms with E-state index in [1.54, 1.807) is 43.5 Å². The summed E-state index contributed by atoms with van der Waals surface area (Å²) in [5.41, 5.74) is 1.03. The average Bonchev–Trinajstić information content (AvgIpc) is 3.38. The van der Waals surface area contributed by atoms with Crippen LogP contribution in [0.15, 0.2) is 53.4 Å². The van der Waals surface area contributed by atoms with E-state index in [0.29, 0.717) is 28.8 Å². The van der Waals surface area contributed by atoms with Crippen LogP contribution in [0.1, 0.15) is 43.0 Å². The van der Waals surface area contributed by atoms with E-state index in [1.807, 2.05) is 6.92 Å². The number of methoxy groups -OCH3 is 1. The third-order valence-corrected chi connectivity index (χ3v) is 8.13. The van der Waals surface area contributed by atoms with Gasteiger partial charge in [-0.3, -0.25) is 4.79 Å². The van der Waals surface area contributed by atoms with Crippen molar-refractivity contribution in [3.05, 3.63) is 54.1 Å². The second kappa shape index (κ2) is 8.40. The Morgan fingerprint density at radius 1 is 1.03 bits per heavy atom. The van der Waals surface area contributed by atoms with Crippen molar-refractivity contribution in [2.75, 3.05) is 12.4 Å². The van der Waals surface area contributed by atoms with Crippen LogP contribution in [0.25, 0.3) is 0 Å². The smallest absolute Gasteiger partial charge is 0.255 e. The van der Waals surface area contributed by atoms with Gasteiger partial charge in [-0.25, -0.2) is 13.1 Å². The number of benzene rings is 2. The molecular formula is C23H28N2O4S. The van der Waals surface area contributed by atoms with Crippen LogP contribution < -0.4 is 14.8 Å². The molecule has 7 heteroatoms. The number of amides is 1. The van der Waals surface area contributed by atoms with Crippen molar-refractivity contribution in [1.82, 2.24) is 4.72 Å². The normalized spacial score (nSPS) is 23.9. The van der Waals surface area contributed by atoms with Crippen LogP contribution in [0.4, 0.5) is 5.69 Å². The zero-order chi connectivity index (χ0) is 21.3. The number of sulfonamides is 1. The SMILES string of the molecule is COc1ccc(C(=O)Nc2ccc(S(=O)(=O)N[C@H](C)[C@@H]3C[C@H]4CC[C@H]3C4)cc2)cc1. The first-order valence-corrected chi connectivity index (χ1v) is 11.9. The zero-order valence-electron chi connectivity index (χ0n) is 17.3. The van der Waals surface area contributed by atoms with E-state index in [1.165, 1.54) is 31.4 Å². The van der Waals surface area contributed by atoms with E-state index >= 15 is 0 Å². The molecule has 0 aliphatic heterocycles. The lowest BCUT2D eigenvalue weighted by atomic mass is 9.84. The molecule has 0 radical (unpaired) electrons. The average molecular weight is 429 g/mol. The first kappa shape index (κ1) is 20.9. The summed E-state index contributed by atoms with van der Waals surface area (Å²) >= 11 is 0. The highest BCUT2D eigenvalue weighted by Crippen LogP contribution is 2.49. The lowest BCUT2D eigenvalue weighted by Crippen LogP contribution is -2.40. The summed E-state index contributed by atoms with van der Waals surface area (Å²) in [7, 11) is -2.03. The molecule has 6 nitrogen and oxygen atoms in total. The molecule has 2 N–H and O–H groups in total. The van der Waals surface area contributed by atoms with Crippen molar-refractivity contribution >= 4 is 21.6 Å². The molecule has 0 heterocycles. The molecule has 2 bridgehead atoms. The van der Waals surface area contributed by atoms with E-state index in [4.69, 9.17) is 4.74 Å². The molecule has 2 aliphatic rings. The topological polar surface area (TPSA) is 84.5 Å². The molecule has 1 amide bonds. The van der Waals surface area contributed by atoms with Crippen molar-refractivity contribution in [1.29, 1.82) is 0 Å². The Balaban J connectivity index is 1.38. The summed E-state index contributed by atoms with van der Waals surface area (Å²) in [5, 5.41) is 2.78. The molecule has 2 aromatic carbocycles. The van der Waals surface area contributed by atoms with E-state index in [0.717, 1.165) is 12.3 Å². The lowest BCUT2D eigenvalue weighted by Gasteiger charge is -2.28. The van der Waals surface area contributed by atoms with Crippen LogP contribution >= 0.6 is 0 Å². The summed E-state index contributed by atoms with van der Waals surface area (Å²) < 4.78 is 33.6. The quantitative estimate of drug-likeness (QED) is 0.697. The van der Waals surface area contributed by atoms with Crippen molar-refractivity contribution < 1.29 is 17.9 Å². The number of fused-ring (bicyclic) bond motifs is 2. The number of hydrogen-bond donors (Lipinski definition) is 2. The predicted molar refractivity (Wildman–Crippen MR) is 116 cm³/mol. The minimum atomic E-state index is -3.60. The predicted octanol–water partition coefficient (Wildman–Crippen LogP) is 4.05. The van der Waals surface area contributed by atoms with E-state index in [2.05, 4.69) is 10.0 Å². The molecule has 0 spiro atoms. The summed E-state index contributed by atoms with van der Waals surface area (Å²) in [6.07, 6.45) is 4.90. The highest BCUT2D eigenvalue weighted by atomic mass is 32.2. The van der Waals surface area contributed by atoms with Gasteiger partial charge < -0.3 is 10.1 Å². The number of nitrogens with one attached hydrogen (secondary N) is 2. The van der Waals surface area contributed by atoms with Crippen molar-refractivity contribution in [2.24, 2.45) is 17.8 Å². The molecule has 0 aromatic heterocycles. The molecular weight excluding hydrogens is 400 g/mol. The number of anilines is 1. The Morgan fingerprint density at radius 2 is 1.73 bits per heavy atom. The Kier molecular flexibility index (Phi) is 5.84. The molecule has 0 unspecified atom stereocenters. The molecule has 2 saturated carbocycles. The van der Waals surface area contributed by atoms with Gasteiger partial charge in [-0.1, -0.05) is 6.42 Å². The van der Waals surface area contributed by atoms with Crippen LogP contribution in [0.3, 0.4) is 0 Å². The maximum Gasteiger partial charge on any atom is 0.255 e. The lowest BCUT2D eigenvalue weighted by molar-refractivity contribution is 0.102. The van der Waals surface area contributed by atoms with Gasteiger partial charge in [0.2, 0.25) is 10.0 Å². The Hall–Kier alpha value is -2.38. The first-order chi connectivity index (χ1) is 14.4. The van der Waals surface area contributed by atoms with Crippen LogP contribution in [-0.4, -0.2) is 27.5 Å². The molecule has 2 aromatic rings. The molecule has 0 saturated heterocycles. The molecule has 160 valence electrons. The Bertz CT molecular complexity index is 1000. The minimum absolute atomic E-state index is 0.0697. The monoisotopic (exact) mass is 428 g/mol. The van der Waals surface area contributed by atoms with E-state index < -0.39 is 10.0 Å². The van der Waals surface area contributed by atoms with Gasteiger partial charge in [0.1, 0.15) is 5.75 Å². The standard InChI is InChI=1S/C23H28N2O4S/c1-15(22-14-16-3-4-18(22)13-16)25-30(27,28)21-11-7-19(8-12-21)24-23(26)17-5-9-20(29-2)10-6-17/h5-12,15-16,18,22,25H,3-4,13-14H2,1-2H3,(H,24,26)/t15-,16+,18+,22+/m1/s1. The van der Waals surface area contributed by atoms with Crippen molar-refractivity contribution in [2.45, 2.75) is 43.5 Å². The Morgan fingerprint density at radius 3 is 2.30 bits per heavy atom. The number of rotatable bonds is 7. The number of hydrogen-bond acceptors (Lipinski definition) is 4. The maximum atomic E-state index is 12.8. The van der Waals surface area contributed by atoms with E-state index in [-0.39, 0.29) is 16.8 Å². The third kappa shape index (κ3) is 4.37. The fraction of sp³-hybridized carbons (Fsp3) is 0.435. The molecule has 2 aliphatic carbocycles. The van der Waals surface area contributed by atoms with Gasteiger partial charge in [0, 0.05) is 17.3 Å². The third-order valence-electron chi connectivity index (χ3n) is 6.55. The zero-order valence-corrected chi connectivity index (χ0v) is 18.1. The van der Waals surface area contributed by atoms with Crippen molar-refractivity contribution in [3.8, 4) is 5.75 Å². The molecule has 30 heavy (non-hydrogen) atoms. The van der Waals surface area contributed by atoms with Crippen molar-refractivity contribution in [3.63, 3.8) is 0 Å². The van der Waals surface area contributed by atoms with Crippen LogP contribution in [0.2, 0.25) is 0 Å². The largest absolute Gasteiger partial charge is 0.497 e. The number of carbonyl (C=O) groups is 1. The summed E-state index contributed by atoms with van der Waals surface area (Å²) in [6.45, 7) is 1.98.